The molecule has 0 radical (unpaired) electrons. The molecule has 0 N–H and O–H groups in total. The van der Waals surface area contributed by atoms with E-state index >= 15 is 0 Å². The third-order valence-electron chi connectivity index (χ3n) is 3.93. The van der Waals surface area contributed by atoms with Crippen LogP contribution in [0.25, 0.3) is 0 Å². The predicted molar refractivity (Wildman–Crippen MR) is 91.5 cm³/mol. The lowest BCUT2D eigenvalue weighted by molar-refractivity contribution is -0.135. The first-order valence-electron chi connectivity index (χ1n) is 8.48. The molecule has 1 aliphatic rings. The van der Waals surface area contributed by atoms with Crippen LogP contribution in [-0.4, -0.2) is 78.5 Å². The van der Waals surface area contributed by atoms with Gasteiger partial charge in [0, 0.05) is 46.7 Å². The van der Waals surface area contributed by atoms with Gasteiger partial charge in [-0.05, 0) is 27.2 Å². The van der Waals surface area contributed by atoms with E-state index in [2.05, 4.69) is 0 Å². The summed E-state index contributed by atoms with van der Waals surface area (Å²) in [5, 5.41) is 0. The number of carbonyl (C=O) groups excluding carboxylic acids is 3. The average molecular weight is 341 g/mol. The van der Waals surface area contributed by atoms with Crippen LogP contribution >= 0.6 is 0 Å². The molecule has 1 aliphatic heterocycles. The van der Waals surface area contributed by atoms with Gasteiger partial charge in [-0.2, -0.15) is 0 Å². The fraction of sp³-hybridized carbons (Fsp3) is 0.824. The van der Waals surface area contributed by atoms with Gasteiger partial charge in [-0.25, -0.2) is 4.79 Å². The Balaban J connectivity index is 2.42. The normalized spacial score (nSPS) is 16.1. The fourth-order valence-corrected chi connectivity index (χ4v) is 2.60. The lowest BCUT2D eigenvalue weighted by Crippen LogP contribution is -2.43. The Morgan fingerprint density at radius 2 is 1.88 bits per heavy atom. The van der Waals surface area contributed by atoms with Crippen molar-refractivity contribution in [3.8, 4) is 0 Å². The van der Waals surface area contributed by atoms with Crippen LogP contribution in [0.1, 0.15) is 40.5 Å². The lowest BCUT2D eigenvalue weighted by atomic mass is 10.1. The van der Waals surface area contributed by atoms with Crippen molar-refractivity contribution < 1.29 is 19.1 Å². The van der Waals surface area contributed by atoms with Gasteiger partial charge in [0.2, 0.25) is 11.8 Å². The molecule has 0 spiro atoms. The summed E-state index contributed by atoms with van der Waals surface area (Å²) in [5.74, 6) is -0.215. The molecule has 1 unspecified atom stereocenters. The van der Waals surface area contributed by atoms with E-state index in [0.29, 0.717) is 26.1 Å². The maximum atomic E-state index is 12.4. The van der Waals surface area contributed by atoms with Crippen LogP contribution in [-0.2, 0) is 14.3 Å². The van der Waals surface area contributed by atoms with Gasteiger partial charge in [-0.1, -0.05) is 6.92 Å². The zero-order valence-corrected chi connectivity index (χ0v) is 15.8. The third-order valence-corrected chi connectivity index (χ3v) is 3.93. The van der Waals surface area contributed by atoms with Crippen LogP contribution in [0.5, 0.6) is 0 Å². The van der Waals surface area contributed by atoms with Gasteiger partial charge in [-0.3, -0.25) is 9.59 Å². The second-order valence-electron chi connectivity index (χ2n) is 7.51. The van der Waals surface area contributed by atoms with Crippen molar-refractivity contribution in [2.75, 3.05) is 40.3 Å². The summed E-state index contributed by atoms with van der Waals surface area (Å²) in [6.45, 7) is 9.35. The van der Waals surface area contributed by atoms with Crippen molar-refractivity contribution in [1.82, 2.24) is 14.7 Å². The van der Waals surface area contributed by atoms with Crippen LogP contribution in [0.3, 0.4) is 0 Å². The van der Waals surface area contributed by atoms with Crippen molar-refractivity contribution in [1.29, 1.82) is 0 Å². The summed E-state index contributed by atoms with van der Waals surface area (Å²) >= 11 is 0. The van der Waals surface area contributed by atoms with E-state index in [1.54, 1.807) is 51.6 Å². The molecular formula is C17H31N3O4. The van der Waals surface area contributed by atoms with E-state index in [1.807, 2.05) is 0 Å². The van der Waals surface area contributed by atoms with Crippen molar-refractivity contribution >= 4 is 17.9 Å². The highest BCUT2D eigenvalue weighted by molar-refractivity contribution is 5.80. The minimum atomic E-state index is -0.558. The molecule has 1 saturated heterocycles. The predicted octanol–water partition coefficient (Wildman–Crippen LogP) is 1.57. The summed E-state index contributed by atoms with van der Waals surface area (Å²) in [4.78, 5) is 40.8. The first-order valence-corrected chi connectivity index (χ1v) is 8.48. The molecule has 0 bridgehead atoms. The first-order chi connectivity index (χ1) is 11.0. The zero-order chi connectivity index (χ0) is 18.5. The Hall–Kier alpha value is -1.79. The van der Waals surface area contributed by atoms with Gasteiger partial charge in [0.25, 0.3) is 0 Å². The number of nitrogens with zero attached hydrogens (tertiary/aromatic N) is 3. The molecular weight excluding hydrogens is 310 g/mol. The maximum absolute atomic E-state index is 12.4. The Kier molecular flexibility index (Phi) is 7.05. The van der Waals surface area contributed by atoms with Gasteiger partial charge < -0.3 is 19.4 Å². The van der Waals surface area contributed by atoms with Gasteiger partial charge in [0.05, 0.1) is 5.92 Å². The average Bonchev–Trinajstić information content (AvgIpc) is 2.87. The Labute approximate surface area is 144 Å². The molecule has 1 fully saturated rings. The molecule has 24 heavy (non-hydrogen) atoms. The van der Waals surface area contributed by atoms with Crippen molar-refractivity contribution in [3.63, 3.8) is 0 Å². The number of rotatable bonds is 6. The number of likely N-dealkylation sites (N-methyl/N-ethyl adjacent to an activating group) is 1. The second-order valence-corrected chi connectivity index (χ2v) is 7.51. The highest BCUT2D eigenvalue weighted by Crippen LogP contribution is 2.12. The van der Waals surface area contributed by atoms with Gasteiger partial charge in [0.1, 0.15) is 5.60 Å². The van der Waals surface area contributed by atoms with E-state index in [0.717, 1.165) is 13.0 Å². The molecule has 1 atom stereocenters. The number of hydrogen-bond acceptors (Lipinski definition) is 4. The number of carbonyl (C=O) groups is 3. The smallest absolute Gasteiger partial charge is 0.410 e. The molecule has 0 aromatic heterocycles. The molecule has 1 rings (SSSR count). The summed E-state index contributed by atoms with van der Waals surface area (Å²) < 4.78 is 5.29. The number of amides is 3. The van der Waals surface area contributed by atoms with Crippen molar-refractivity contribution in [2.24, 2.45) is 5.92 Å². The zero-order valence-electron chi connectivity index (χ0n) is 15.8. The molecule has 1 heterocycles. The molecule has 0 saturated carbocycles. The second kappa shape index (κ2) is 8.35. The SMILES string of the molecule is CC(CN(C)C(=O)OC(C)(C)C)C(=O)N(C)CCN1CCCC1=O. The topological polar surface area (TPSA) is 70.2 Å². The summed E-state index contributed by atoms with van der Waals surface area (Å²) in [6.07, 6.45) is 1.06. The van der Waals surface area contributed by atoms with Crippen LogP contribution < -0.4 is 0 Å². The Bertz CT molecular complexity index is 473. The quantitative estimate of drug-likeness (QED) is 0.735. The lowest BCUT2D eigenvalue weighted by Gasteiger charge is -2.28. The molecule has 3 amide bonds. The van der Waals surface area contributed by atoms with Crippen LogP contribution in [0.4, 0.5) is 4.79 Å². The van der Waals surface area contributed by atoms with Crippen molar-refractivity contribution in [3.05, 3.63) is 0 Å². The molecule has 0 aromatic carbocycles. The van der Waals surface area contributed by atoms with E-state index in [-0.39, 0.29) is 17.7 Å². The van der Waals surface area contributed by atoms with Crippen LogP contribution in [0.15, 0.2) is 0 Å². The highest BCUT2D eigenvalue weighted by atomic mass is 16.6. The summed E-state index contributed by atoms with van der Waals surface area (Å²) in [6, 6.07) is 0. The summed E-state index contributed by atoms with van der Waals surface area (Å²) in [7, 11) is 3.35. The molecule has 138 valence electrons. The van der Waals surface area contributed by atoms with E-state index in [9.17, 15) is 14.4 Å². The first kappa shape index (κ1) is 20.3. The minimum absolute atomic E-state index is 0.0444. The minimum Gasteiger partial charge on any atom is -0.444 e. The van der Waals surface area contributed by atoms with E-state index in [4.69, 9.17) is 4.74 Å². The molecule has 7 nitrogen and oxygen atoms in total. The third kappa shape index (κ3) is 6.37. The largest absolute Gasteiger partial charge is 0.444 e. The highest BCUT2D eigenvalue weighted by Gasteiger charge is 2.26. The van der Waals surface area contributed by atoms with Gasteiger partial charge in [0.15, 0.2) is 0 Å². The monoisotopic (exact) mass is 341 g/mol. The molecule has 0 aliphatic carbocycles. The van der Waals surface area contributed by atoms with Gasteiger partial charge >= 0.3 is 6.09 Å². The summed E-state index contributed by atoms with van der Waals surface area (Å²) in [5.41, 5.74) is -0.558. The maximum Gasteiger partial charge on any atom is 0.410 e. The van der Waals surface area contributed by atoms with Crippen molar-refractivity contribution in [2.45, 2.75) is 46.1 Å². The number of likely N-dealkylation sites (tertiary alicyclic amines) is 1. The fourth-order valence-electron chi connectivity index (χ4n) is 2.60. The van der Waals surface area contributed by atoms with Crippen LogP contribution in [0, 0.1) is 5.92 Å². The van der Waals surface area contributed by atoms with Gasteiger partial charge in [-0.15, -0.1) is 0 Å². The van der Waals surface area contributed by atoms with Crippen LogP contribution in [0.2, 0.25) is 0 Å². The molecule has 0 aromatic rings. The number of ether oxygens (including phenoxy) is 1. The number of hydrogen-bond donors (Lipinski definition) is 0. The Morgan fingerprint density at radius 1 is 1.25 bits per heavy atom. The standard InChI is InChI=1S/C17H31N3O4/c1-13(12-19(6)16(23)24-17(2,3)4)15(22)18(5)10-11-20-9-7-8-14(20)21/h13H,7-12H2,1-6H3. The Morgan fingerprint density at radius 3 is 2.38 bits per heavy atom. The van der Waals surface area contributed by atoms with E-state index < -0.39 is 11.7 Å². The molecule has 7 heteroatoms. The van der Waals surface area contributed by atoms with E-state index in [1.165, 1.54) is 4.90 Å².